The molecule has 0 aliphatic carbocycles. The smallest absolute Gasteiger partial charge is 0.170 e. The van der Waals surface area contributed by atoms with Crippen LogP contribution < -0.4 is 15.2 Å². The van der Waals surface area contributed by atoms with Gasteiger partial charge < -0.3 is 19.7 Å². The predicted molar refractivity (Wildman–Crippen MR) is 62.9 cm³/mol. The molecule has 5 nitrogen and oxygen atoms in total. The van der Waals surface area contributed by atoms with Crippen molar-refractivity contribution in [3.8, 4) is 22.8 Å². The maximum Gasteiger partial charge on any atom is 0.170 e. The topological polar surface area (TPSA) is 70.5 Å². The summed E-state index contributed by atoms with van der Waals surface area (Å²) >= 11 is 0. The molecule has 17 heavy (non-hydrogen) atoms. The molecule has 0 spiro atoms. The highest BCUT2D eigenvalue weighted by molar-refractivity contribution is 5.72. The second kappa shape index (κ2) is 4.88. The Labute approximate surface area is 99.1 Å². The van der Waals surface area contributed by atoms with Gasteiger partial charge in [0, 0.05) is 17.7 Å². The number of hydrogen-bond acceptors (Lipinski definition) is 5. The van der Waals surface area contributed by atoms with Crippen LogP contribution in [0.1, 0.15) is 5.56 Å². The Hall–Kier alpha value is -2.01. The average molecular weight is 234 g/mol. The molecule has 90 valence electrons. The summed E-state index contributed by atoms with van der Waals surface area (Å²) in [5, 5.41) is 3.95. The van der Waals surface area contributed by atoms with Crippen LogP contribution in [-0.2, 0) is 6.54 Å². The molecule has 0 saturated carbocycles. The van der Waals surface area contributed by atoms with Crippen molar-refractivity contribution in [2.45, 2.75) is 6.54 Å². The summed E-state index contributed by atoms with van der Waals surface area (Å²) < 4.78 is 15.5. The number of nitrogens with zero attached hydrogens (tertiary/aromatic N) is 1. The summed E-state index contributed by atoms with van der Waals surface area (Å²) in [7, 11) is 3.18. The lowest BCUT2D eigenvalue weighted by molar-refractivity contribution is 0.355. The van der Waals surface area contributed by atoms with E-state index in [4.69, 9.17) is 19.7 Å². The van der Waals surface area contributed by atoms with Gasteiger partial charge in [-0.3, -0.25) is 0 Å². The molecule has 0 radical (unpaired) electrons. The normalized spacial score (nSPS) is 10.3. The highest BCUT2D eigenvalue weighted by atomic mass is 16.5. The average Bonchev–Trinajstić information content (AvgIpc) is 2.85. The van der Waals surface area contributed by atoms with E-state index in [1.807, 2.05) is 18.2 Å². The van der Waals surface area contributed by atoms with Crippen LogP contribution in [0.15, 0.2) is 29.0 Å². The molecule has 0 unspecified atom stereocenters. The van der Waals surface area contributed by atoms with E-state index < -0.39 is 0 Å². The first-order valence-electron chi connectivity index (χ1n) is 5.16. The summed E-state index contributed by atoms with van der Waals surface area (Å²) in [5.41, 5.74) is 7.94. The number of benzene rings is 1. The van der Waals surface area contributed by atoms with Crippen LogP contribution in [0.3, 0.4) is 0 Å². The summed E-state index contributed by atoms with van der Waals surface area (Å²) in [5.74, 6) is 1.27. The third-order valence-corrected chi connectivity index (χ3v) is 2.52. The van der Waals surface area contributed by atoms with E-state index in [0.717, 1.165) is 11.1 Å². The maximum absolute atomic E-state index is 5.62. The predicted octanol–water partition coefficient (Wildman–Crippen LogP) is 1.82. The molecule has 0 amide bonds. The summed E-state index contributed by atoms with van der Waals surface area (Å²) in [6.07, 6.45) is 1.54. The molecule has 2 rings (SSSR count). The standard InChI is InChI=1S/C12H14N2O3/c1-15-10-5-3-4-9(12(10)16-2)11-8(6-13)7-17-14-11/h3-5,7H,6,13H2,1-2H3. The van der Waals surface area contributed by atoms with Crippen LogP contribution in [0.2, 0.25) is 0 Å². The van der Waals surface area contributed by atoms with Crippen LogP contribution in [0.5, 0.6) is 11.5 Å². The number of hydrogen-bond donors (Lipinski definition) is 1. The molecular weight excluding hydrogens is 220 g/mol. The molecule has 0 saturated heterocycles. The van der Waals surface area contributed by atoms with Gasteiger partial charge in [-0.25, -0.2) is 0 Å². The van der Waals surface area contributed by atoms with Crippen LogP contribution in [0.4, 0.5) is 0 Å². The van der Waals surface area contributed by atoms with Crippen molar-refractivity contribution in [3.63, 3.8) is 0 Å². The third kappa shape index (κ3) is 1.97. The number of methoxy groups -OCH3 is 2. The van der Waals surface area contributed by atoms with Crippen molar-refractivity contribution in [3.05, 3.63) is 30.0 Å². The zero-order valence-corrected chi connectivity index (χ0v) is 9.77. The zero-order chi connectivity index (χ0) is 12.3. The van der Waals surface area contributed by atoms with Crippen molar-refractivity contribution in [1.82, 2.24) is 5.16 Å². The molecule has 5 heteroatoms. The van der Waals surface area contributed by atoms with Gasteiger partial charge in [-0.15, -0.1) is 0 Å². The lowest BCUT2D eigenvalue weighted by Gasteiger charge is -2.11. The van der Waals surface area contributed by atoms with Crippen LogP contribution in [0, 0.1) is 0 Å². The van der Waals surface area contributed by atoms with Gasteiger partial charge in [0.05, 0.1) is 14.2 Å². The Morgan fingerprint density at radius 2 is 2.12 bits per heavy atom. The Balaban J connectivity index is 2.59. The quantitative estimate of drug-likeness (QED) is 0.873. The van der Waals surface area contributed by atoms with Gasteiger partial charge in [0.25, 0.3) is 0 Å². The van der Waals surface area contributed by atoms with E-state index in [1.54, 1.807) is 14.2 Å². The van der Waals surface area contributed by atoms with Gasteiger partial charge in [-0.05, 0) is 12.1 Å². The van der Waals surface area contributed by atoms with Gasteiger partial charge >= 0.3 is 0 Å². The minimum absolute atomic E-state index is 0.360. The molecule has 2 N–H and O–H groups in total. The van der Waals surface area contributed by atoms with E-state index >= 15 is 0 Å². The van der Waals surface area contributed by atoms with Crippen LogP contribution >= 0.6 is 0 Å². The molecule has 2 aromatic rings. The van der Waals surface area contributed by atoms with Crippen molar-refractivity contribution < 1.29 is 14.0 Å². The summed E-state index contributed by atoms with van der Waals surface area (Å²) in [6, 6.07) is 5.58. The van der Waals surface area contributed by atoms with E-state index in [1.165, 1.54) is 6.26 Å². The molecule has 0 bridgehead atoms. The number of nitrogens with two attached hydrogens (primary N) is 1. The molecule has 0 aliphatic heterocycles. The first-order valence-corrected chi connectivity index (χ1v) is 5.16. The van der Waals surface area contributed by atoms with Gasteiger partial charge in [-0.2, -0.15) is 0 Å². The van der Waals surface area contributed by atoms with Crippen LogP contribution in [-0.4, -0.2) is 19.4 Å². The SMILES string of the molecule is COc1cccc(-c2nocc2CN)c1OC. The van der Waals surface area contributed by atoms with E-state index in [-0.39, 0.29) is 0 Å². The monoisotopic (exact) mass is 234 g/mol. The molecule has 1 heterocycles. The molecule has 0 atom stereocenters. The number of aromatic nitrogens is 1. The van der Waals surface area contributed by atoms with Gasteiger partial charge in [0.2, 0.25) is 0 Å². The maximum atomic E-state index is 5.62. The van der Waals surface area contributed by atoms with Crippen molar-refractivity contribution in [2.75, 3.05) is 14.2 Å². The van der Waals surface area contributed by atoms with E-state index in [2.05, 4.69) is 5.16 Å². The fourth-order valence-corrected chi connectivity index (χ4v) is 1.70. The van der Waals surface area contributed by atoms with Crippen molar-refractivity contribution in [2.24, 2.45) is 5.73 Å². The third-order valence-electron chi connectivity index (χ3n) is 2.52. The molecule has 0 fully saturated rings. The van der Waals surface area contributed by atoms with Crippen LogP contribution in [0.25, 0.3) is 11.3 Å². The van der Waals surface area contributed by atoms with Crippen molar-refractivity contribution >= 4 is 0 Å². The summed E-state index contributed by atoms with van der Waals surface area (Å²) in [6.45, 7) is 0.360. The largest absolute Gasteiger partial charge is 0.493 e. The van der Waals surface area contributed by atoms with Gasteiger partial charge in [0.1, 0.15) is 12.0 Å². The highest BCUT2D eigenvalue weighted by Gasteiger charge is 2.16. The number of rotatable bonds is 4. The molecule has 1 aromatic heterocycles. The lowest BCUT2D eigenvalue weighted by atomic mass is 10.1. The minimum atomic E-state index is 0.360. The summed E-state index contributed by atoms with van der Waals surface area (Å²) in [4.78, 5) is 0. The molecular formula is C12H14N2O3. The van der Waals surface area contributed by atoms with E-state index in [0.29, 0.717) is 23.7 Å². The number of para-hydroxylation sites is 1. The lowest BCUT2D eigenvalue weighted by Crippen LogP contribution is -1.98. The fourth-order valence-electron chi connectivity index (χ4n) is 1.70. The van der Waals surface area contributed by atoms with E-state index in [9.17, 15) is 0 Å². The molecule has 1 aromatic carbocycles. The van der Waals surface area contributed by atoms with Gasteiger partial charge in [0.15, 0.2) is 11.5 Å². The fraction of sp³-hybridized carbons (Fsp3) is 0.250. The van der Waals surface area contributed by atoms with Gasteiger partial charge in [-0.1, -0.05) is 11.2 Å². The first kappa shape index (κ1) is 11.5. The minimum Gasteiger partial charge on any atom is -0.493 e. The Bertz CT molecular complexity index is 508. The second-order valence-corrected chi connectivity index (χ2v) is 3.43. The Morgan fingerprint density at radius 1 is 1.29 bits per heavy atom. The highest BCUT2D eigenvalue weighted by Crippen LogP contribution is 2.38. The van der Waals surface area contributed by atoms with Crippen molar-refractivity contribution in [1.29, 1.82) is 0 Å². The zero-order valence-electron chi connectivity index (χ0n) is 9.77. The molecule has 0 aliphatic rings. The Kier molecular flexibility index (Phi) is 3.30. The Morgan fingerprint density at radius 3 is 2.76 bits per heavy atom. The number of ether oxygens (including phenoxy) is 2. The first-order chi connectivity index (χ1) is 8.31. The second-order valence-electron chi connectivity index (χ2n) is 3.43.